The molecule has 2 fully saturated rings. The molecule has 0 atom stereocenters. The molecule has 1 aromatic heterocycles. The summed E-state index contributed by atoms with van der Waals surface area (Å²) < 4.78 is 3.87. The molecule has 4 heteroatoms. The average Bonchev–Trinajstić information content (AvgIpc) is 3.09. The molecular formula is C10H15N3S. The van der Waals surface area contributed by atoms with Gasteiger partial charge in [0.05, 0.1) is 5.69 Å². The van der Waals surface area contributed by atoms with E-state index in [2.05, 4.69) is 14.9 Å². The Hall–Kier alpha value is -0.480. The number of aromatic nitrogens is 2. The number of hydrogen-bond acceptors (Lipinski definition) is 4. The minimum atomic E-state index is 0.775. The zero-order chi connectivity index (χ0) is 9.38. The van der Waals surface area contributed by atoms with Gasteiger partial charge in [-0.2, -0.15) is 0 Å². The van der Waals surface area contributed by atoms with Gasteiger partial charge in [-0.05, 0) is 49.1 Å². The second kappa shape index (κ2) is 3.59. The first-order valence-corrected chi connectivity index (χ1v) is 6.26. The largest absolute Gasteiger partial charge is 0.308 e. The Labute approximate surface area is 88.1 Å². The zero-order valence-electron chi connectivity index (χ0n) is 8.15. The van der Waals surface area contributed by atoms with E-state index < -0.39 is 0 Å². The van der Waals surface area contributed by atoms with Crippen LogP contribution in [0.25, 0.3) is 0 Å². The number of hydrogen-bond donors (Lipinski definition) is 1. The van der Waals surface area contributed by atoms with Gasteiger partial charge in [0.25, 0.3) is 0 Å². The standard InChI is InChI=1S/C10H15N3S/c1-2-7(1)10(8-3-4-8)11-5-9-6-14-13-12-9/h6-8,10-11H,1-5H2. The highest BCUT2D eigenvalue weighted by Crippen LogP contribution is 2.44. The van der Waals surface area contributed by atoms with Crippen LogP contribution < -0.4 is 5.32 Å². The van der Waals surface area contributed by atoms with Crippen LogP contribution >= 0.6 is 11.5 Å². The highest BCUT2D eigenvalue weighted by molar-refractivity contribution is 7.03. The van der Waals surface area contributed by atoms with Crippen molar-refractivity contribution >= 4 is 11.5 Å². The molecule has 0 amide bonds. The molecule has 1 N–H and O–H groups in total. The highest BCUT2D eigenvalue weighted by atomic mass is 32.1. The van der Waals surface area contributed by atoms with Gasteiger partial charge in [0, 0.05) is 18.0 Å². The number of rotatable bonds is 5. The van der Waals surface area contributed by atoms with Gasteiger partial charge in [0.1, 0.15) is 0 Å². The van der Waals surface area contributed by atoms with Crippen LogP contribution in [0.1, 0.15) is 31.4 Å². The number of nitrogens with one attached hydrogen (secondary N) is 1. The van der Waals surface area contributed by atoms with Gasteiger partial charge >= 0.3 is 0 Å². The van der Waals surface area contributed by atoms with Crippen LogP contribution in [0.4, 0.5) is 0 Å². The molecule has 1 aromatic rings. The van der Waals surface area contributed by atoms with E-state index in [9.17, 15) is 0 Å². The molecule has 1 heterocycles. The Balaban J connectivity index is 1.54. The summed E-state index contributed by atoms with van der Waals surface area (Å²) in [6.07, 6.45) is 5.74. The third-order valence-electron chi connectivity index (χ3n) is 3.18. The van der Waals surface area contributed by atoms with E-state index in [1.807, 2.05) is 5.38 Å². The van der Waals surface area contributed by atoms with Crippen molar-refractivity contribution in [1.82, 2.24) is 14.9 Å². The Bertz CT molecular complexity index is 278. The molecule has 2 aliphatic rings. The fourth-order valence-corrected chi connectivity index (χ4v) is 2.56. The first-order chi connectivity index (χ1) is 6.93. The predicted octanol–water partition coefficient (Wildman–Crippen LogP) is 1.82. The minimum absolute atomic E-state index is 0.775. The van der Waals surface area contributed by atoms with Crippen LogP contribution in [-0.2, 0) is 6.54 Å². The maximum atomic E-state index is 4.05. The molecular weight excluding hydrogens is 194 g/mol. The van der Waals surface area contributed by atoms with Crippen LogP contribution in [-0.4, -0.2) is 15.6 Å². The molecule has 0 saturated heterocycles. The molecule has 3 rings (SSSR count). The van der Waals surface area contributed by atoms with Crippen molar-refractivity contribution in [3.63, 3.8) is 0 Å². The quantitative estimate of drug-likeness (QED) is 0.803. The lowest BCUT2D eigenvalue weighted by Gasteiger charge is -2.16. The molecule has 0 aromatic carbocycles. The molecule has 0 aliphatic heterocycles. The molecule has 2 saturated carbocycles. The van der Waals surface area contributed by atoms with E-state index >= 15 is 0 Å². The van der Waals surface area contributed by atoms with Crippen molar-refractivity contribution in [2.45, 2.75) is 38.3 Å². The van der Waals surface area contributed by atoms with Crippen LogP contribution in [0.2, 0.25) is 0 Å². The Morgan fingerprint density at radius 1 is 1.36 bits per heavy atom. The van der Waals surface area contributed by atoms with Gasteiger partial charge in [-0.25, -0.2) is 0 Å². The lowest BCUT2D eigenvalue weighted by Crippen LogP contribution is -2.32. The van der Waals surface area contributed by atoms with Crippen molar-refractivity contribution in [2.75, 3.05) is 0 Å². The third kappa shape index (κ3) is 1.96. The molecule has 0 radical (unpaired) electrons. The monoisotopic (exact) mass is 209 g/mol. The van der Waals surface area contributed by atoms with Crippen LogP contribution in [0.5, 0.6) is 0 Å². The van der Waals surface area contributed by atoms with E-state index in [1.54, 1.807) is 0 Å². The normalized spacial score (nSPS) is 21.8. The molecule has 14 heavy (non-hydrogen) atoms. The second-order valence-electron chi connectivity index (χ2n) is 4.48. The molecule has 0 unspecified atom stereocenters. The van der Waals surface area contributed by atoms with E-state index in [1.165, 1.54) is 37.2 Å². The summed E-state index contributed by atoms with van der Waals surface area (Å²) in [4.78, 5) is 0. The van der Waals surface area contributed by atoms with Gasteiger partial charge < -0.3 is 5.32 Å². The van der Waals surface area contributed by atoms with Gasteiger partial charge in [-0.3, -0.25) is 0 Å². The van der Waals surface area contributed by atoms with Gasteiger partial charge in [0.15, 0.2) is 0 Å². The maximum absolute atomic E-state index is 4.05. The number of nitrogens with zero attached hydrogens (tertiary/aromatic N) is 2. The summed E-state index contributed by atoms with van der Waals surface area (Å²) in [5.41, 5.74) is 1.10. The van der Waals surface area contributed by atoms with E-state index in [4.69, 9.17) is 0 Å². The SMILES string of the molecule is c1snnc1CNC(C1CC1)C1CC1. The maximum Gasteiger partial charge on any atom is 0.0893 e. The van der Waals surface area contributed by atoms with Crippen molar-refractivity contribution < 1.29 is 0 Å². The fraction of sp³-hybridized carbons (Fsp3) is 0.800. The van der Waals surface area contributed by atoms with Crippen molar-refractivity contribution in [3.05, 3.63) is 11.1 Å². The summed E-state index contributed by atoms with van der Waals surface area (Å²) in [6, 6.07) is 0.775. The zero-order valence-corrected chi connectivity index (χ0v) is 8.96. The molecule has 2 aliphatic carbocycles. The van der Waals surface area contributed by atoms with Crippen LogP contribution in [0.15, 0.2) is 5.38 Å². The van der Waals surface area contributed by atoms with E-state index in [-0.39, 0.29) is 0 Å². The van der Waals surface area contributed by atoms with Crippen molar-refractivity contribution in [2.24, 2.45) is 11.8 Å². The van der Waals surface area contributed by atoms with Crippen LogP contribution in [0, 0.1) is 11.8 Å². The average molecular weight is 209 g/mol. The third-order valence-corrected chi connectivity index (χ3v) is 3.74. The summed E-state index contributed by atoms with van der Waals surface area (Å²) >= 11 is 1.44. The smallest absolute Gasteiger partial charge is 0.0893 e. The van der Waals surface area contributed by atoms with Gasteiger partial charge in [-0.1, -0.05) is 4.49 Å². The summed E-state index contributed by atoms with van der Waals surface area (Å²) in [7, 11) is 0. The first kappa shape index (κ1) is 8.80. The molecule has 76 valence electrons. The Morgan fingerprint density at radius 2 is 2.07 bits per heavy atom. The van der Waals surface area contributed by atoms with Crippen molar-refractivity contribution in [1.29, 1.82) is 0 Å². The Kier molecular flexibility index (Phi) is 2.25. The molecule has 0 spiro atoms. The molecule has 3 nitrogen and oxygen atoms in total. The van der Waals surface area contributed by atoms with Gasteiger partial charge in [0.2, 0.25) is 0 Å². The van der Waals surface area contributed by atoms with Crippen LogP contribution in [0.3, 0.4) is 0 Å². The summed E-state index contributed by atoms with van der Waals surface area (Å²) in [5.74, 6) is 1.93. The van der Waals surface area contributed by atoms with Crippen molar-refractivity contribution in [3.8, 4) is 0 Å². The minimum Gasteiger partial charge on any atom is -0.308 e. The molecule has 0 bridgehead atoms. The lowest BCUT2D eigenvalue weighted by molar-refractivity contribution is 0.413. The van der Waals surface area contributed by atoms with E-state index in [0.717, 1.165) is 30.1 Å². The topological polar surface area (TPSA) is 37.8 Å². The van der Waals surface area contributed by atoms with E-state index in [0.29, 0.717) is 0 Å². The summed E-state index contributed by atoms with van der Waals surface area (Å²) in [6.45, 7) is 0.911. The predicted molar refractivity (Wildman–Crippen MR) is 56.0 cm³/mol. The van der Waals surface area contributed by atoms with Gasteiger partial charge in [-0.15, -0.1) is 5.10 Å². The highest BCUT2D eigenvalue weighted by Gasteiger charge is 2.40. The first-order valence-electron chi connectivity index (χ1n) is 5.43. The second-order valence-corrected chi connectivity index (χ2v) is 5.09. The Morgan fingerprint density at radius 3 is 2.57 bits per heavy atom. The lowest BCUT2D eigenvalue weighted by atomic mass is 10.1. The fourth-order valence-electron chi connectivity index (χ4n) is 2.11. The summed E-state index contributed by atoms with van der Waals surface area (Å²) in [5, 5.41) is 9.74.